The van der Waals surface area contributed by atoms with Crippen LogP contribution in [0.3, 0.4) is 0 Å². The normalized spacial score (nSPS) is 15.7. The minimum absolute atomic E-state index is 0.0889. The number of carbonyl (C=O) groups excluding carboxylic acids is 4. The highest BCUT2D eigenvalue weighted by Crippen LogP contribution is 2.36. The number of carbonyl (C=O) groups is 4. The van der Waals surface area contributed by atoms with Gasteiger partial charge in [0.1, 0.15) is 17.6 Å². The van der Waals surface area contributed by atoms with E-state index in [-0.39, 0.29) is 30.2 Å². The fourth-order valence-corrected chi connectivity index (χ4v) is 6.68. The number of nitrogens with zero attached hydrogens (tertiary/aromatic N) is 2. The molecular weight excluding hydrogens is 660 g/mol. The summed E-state index contributed by atoms with van der Waals surface area (Å²) in [5, 5.41) is 14.4. The van der Waals surface area contributed by atoms with Crippen LogP contribution in [0, 0.1) is 17.8 Å². The molecule has 0 bridgehead atoms. The number of H-pyrrole nitrogens is 1. The molecule has 0 saturated carbocycles. The quantitative estimate of drug-likeness (QED) is 0.113. The summed E-state index contributed by atoms with van der Waals surface area (Å²) in [7, 11) is 1.57. The first-order valence-electron chi connectivity index (χ1n) is 18.1. The molecular formula is C40H50N6O6. The molecule has 0 aliphatic carbocycles. The standard InChI is InChI=1S/C40H50N6O6/c1-25(2)23-46(40(50)26(3)37-32(38(41)48)22-29-21-30(51-4)17-18-34(29)52-37)24-35(47)42-19-9-5-6-10-20-43-39(49)28-15-13-27(14-16-28)36-31-11-7-8-12-33(31)44-45-36/h7-8,11-18,21,25-26,32,37H,5-6,9-10,19-20,22-24H2,1-4H3,(H2,41,48)(H,42,47)(H,43,49)(H,44,45)/t26-,32?,37?/m0/s1. The molecule has 12 heteroatoms. The second kappa shape index (κ2) is 17.7. The Morgan fingerprint density at radius 1 is 0.962 bits per heavy atom. The van der Waals surface area contributed by atoms with Gasteiger partial charge in [-0.3, -0.25) is 24.3 Å². The Morgan fingerprint density at radius 2 is 1.67 bits per heavy atom. The van der Waals surface area contributed by atoms with Gasteiger partial charge in [0, 0.05) is 36.1 Å². The van der Waals surface area contributed by atoms with Gasteiger partial charge in [-0.1, -0.05) is 57.0 Å². The number of aromatic amines is 1. The van der Waals surface area contributed by atoms with Crippen molar-refractivity contribution in [3.63, 3.8) is 0 Å². The number of aromatic nitrogens is 2. The molecule has 52 heavy (non-hydrogen) atoms. The van der Waals surface area contributed by atoms with Gasteiger partial charge in [-0.15, -0.1) is 0 Å². The molecule has 5 N–H and O–H groups in total. The van der Waals surface area contributed by atoms with Crippen molar-refractivity contribution in [1.82, 2.24) is 25.7 Å². The SMILES string of the molecule is COc1ccc2c(c1)CC(C(N)=O)C([C@H](C)C(=O)N(CC(=O)NCCCCCCNC(=O)c1ccc(-c3n[nH]c4ccccc34)cc1)CC(C)C)O2. The number of nitrogens with two attached hydrogens (primary N) is 1. The van der Waals surface area contributed by atoms with Gasteiger partial charge in [0.15, 0.2) is 0 Å². The zero-order valence-corrected chi connectivity index (χ0v) is 30.4. The van der Waals surface area contributed by atoms with E-state index < -0.39 is 23.8 Å². The van der Waals surface area contributed by atoms with Crippen LogP contribution in [0.5, 0.6) is 11.5 Å². The Kier molecular flexibility index (Phi) is 12.9. The summed E-state index contributed by atoms with van der Waals surface area (Å²) >= 11 is 0. The molecule has 0 radical (unpaired) electrons. The number of unbranched alkanes of at least 4 members (excludes halogenated alkanes) is 3. The lowest BCUT2D eigenvalue weighted by Gasteiger charge is -2.37. The Labute approximate surface area is 304 Å². The summed E-state index contributed by atoms with van der Waals surface area (Å²) in [5.41, 5.74) is 9.93. The Bertz CT molecular complexity index is 1850. The summed E-state index contributed by atoms with van der Waals surface area (Å²) in [6.07, 6.45) is 2.95. The largest absolute Gasteiger partial charge is 0.497 e. The van der Waals surface area contributed by atoms with Crippen LogP contribution in [0.25, 0.3) is 22.2 Å². The van der Waals surface area contributed by atoms with Gasteiger partial charge < -0.3 is 30.7 Å². The van der Waals surface area contributed by atoms with E-state index in [1.807, 2.05) is 68.4 Å². The first-order chi connectivity index (χ1) is 25.0. The zero-order chi connectivity index (χ0) is 37.2. The molecule has 2 heterocycles. The maximum absolute atomic E-state index is 13.8. The predicted octanol–water partition coefficient (Wildman–Crippen LogP) is 4.87. The molecule has 4 aromatic rings. The highest BCUT2D eigenvalue weighted by molar-refractivity contribution is 5.96. The van der Waals surface area contributed by atoms with Crippen LogP contribution in [0.2, 0.25) is 0 Å². The maximum Gasteiger partial charge on any atom is 0.251 e. The first kappa shape index (κ1) is 37.9. The minimum Gasteiger partial charge on any atom is -0.497 e. The third-order valence-corrected chi connectivity index (χ3v) is 9.45. The minimum atomic E-state index is -0.762. The number of primary amides is 1. The predicted molar refractivity (Wildman–Crippen MR) is 200 cm³/mol. The van der Waals surface area contributed by atoms with Crippen molar-refractivity contribution < 1.29 is 28.7 Å². The Balaban J connectivity index is 1.02. The van der Waals surface area contributed by atoms with Crippen LogP contribution in [0.1, 0.15) is 62.4 Å². The van der Waals surface area contributed by atoms with E-state index in [0.717, 1.165) is 53.4 Å². The van der Waals surface area contributed by atoms with Crippen molar-refractivity contribution in [2.45, 2.75) is 59.0 Å². The highest BCUT2D eigenvalue weighted by atomic mass is 16.5. The number of ether oxygens (including phenoxy) is 2. The smallest absolute Gasteiger partial charge is 0.251 e. The summed E-state index contributed by atoms with van der Waals surface area (Å²) in [5.74, 6) is -1.23. The number of rotatable bonds is 17. The zero-order valence-electron chi connectivity index (χ0n) is 30.4. The average Bonchev–Trinajstić information content (AvgIpc) is 3.58. The topological polar surface area (TPSA) is 169 Å². The van der Waals surface area contributed by atoms with Crippen molar-refractivity contribution >= 4 is 34.5 Å². The van der Waals surface area contributed by atoms with Gasteiger partial charge in [0.25, 0.3) is 5.91 Å². The summed E-state index contributed by atoms with van der Waals surface area (Å²) in [6.45, 7) is 7.03. The van der Waals surface area contributed by atoms with E-state index in [4.69, 9.17) is 15.2 Å². The number of amides is 4. The fourth-order valence-electron chi connectivity index (χ4n) is 6.68. The number of para-hydroxylation sites is 1. The molecule has 0 spiro atoms. The molecule has 3 atom stereocenters. The lowest BCUT2D eigenvalue weighted by atomic mass is 9.83. The number of nitrogens with one attached hydrogen (secondary N) is 3. The van der Waals surface area contributed by atoms with Crippen molar-refractivity contribution in [3.8, 4) is 22.8 Å². The average molecular weight is 711 g/mol. The Hall–Kier alpha value is -5.39. The van der Waals surface area contributed by atoms with Gasteiger partial charge in [-0.2, -0.15) is 5.10 Å². The molecule has 3 aromatic carbocycles. The van der Waals surface area contributed by atoms with Crippen molar-refractivity contribution in [2.75, 3.05) is 33.3 Å². The van der Waals surface area contributed by atoms with E-state index in [1.165, 1.54) is 0 Å². The van der Waals surface area contributed by atoms with Crippen LogP contribution in [-0.2, 0) is 20.8 Å². The first-order valence-corrected chi connectivity index (χ1v) is 18.1. The van der Waals surface area contributed by atoms with Crippen LogP contribution < -0.4 is 25.8 Å². The molecule has 1 aliphatic rings. The number of hydrogen-bond donors (Lipinski definition) is 4. The summed E-state index contributed by atoms with van der Waals surface area (Å²) in [6, 6.07) is 20.7. The molecule has 1 aliphatic heterocycles. The molecule has 0 fully saturated rings. The highest BCUT2D eigenvalue weighted by Gasteiger charge is 2.42. The molecule has 0 saturated heterocycles. The number of fused-ring (bicyclic) bond motifs is 2. The number of hydrogen-bond acceptors (Lipinski definition) is 7. The van der Waals surface area contributed by atoms with E-state index in [2.05, 4.69) is 20.8 Å². The van der Waals surface area contributed by atoms with Crippen LogP contribution >= 0.6 is 0 Å². The van der Waals surface area contributed by atoms with Crippen LogP contribution in [0.15, 0.2) is 66.7 Å². The van der Waals surface area contributed by atoms with E-state index in [1.54, 1.807) is 31.1 Å². The lowest BCUT2D eigenvalue weighted by Crippen LogP contribution is -2.52. The second-order valence-electron chi connectivity index (χ2n) is 13.9. The van der Waals surface area contributed by atoms with Crippen molar-refractivity contribution in [1.29, 1.82) is 0 Å². The van der Waals surface area contributed by atoms with Crippen LogP contribution in [-0.4, -0.2) is 78.1 Å². The van der Waals surface area contributed by atoms with E-state index in [9.17, 15) is 19.2 Å². The van der Waals surface area contributed by atoms with E-state index >= 15 is 0 Å². The van der Waals surface area contributed by atoms with Gasteiger partial charge in [0.2, 0.25) is 17.7 Å². The third-order valence-electron chi connectivity index (χ3n) is 9.45. The van der Waals surface area contributed by atoms with Gasteiger partial charge >= 0.3 is 0 Å². The summed E-state index contributed by atoms with van der Waals surface area (Å²) < 4.78 is 11.5. The summed E-state index contributed by atoms with van der Waals surface area (Å²) in [4.78, 5) is 53.4. The van der Waals surface area contributed by atoms with Crippen molar-refractivity contribution in [3.05, 3.63) is 77.9 Å². The maximum atomic E-state index is 13.8. The monoisotopic (exact) mass is 710 g/mol. The fraction of sp³-hybridized carbons (Fsp3) is 0.425. The lowest BCUT2D eigenvalue weighted by molar-refractivity contribution is -0.144. The molecule has 12 nitrogen and oxygen atoms in total. The van der Waals surface area contributed by atoms with Crippen LogP contribution in [0.4, 0.5) is 0 Å². The molecule has 4 amide bonds. The molecule has 276 valence electrons. The van der Waals surface area contributed by atoms with Gasteiger partial charge in [-0.05, 0) is 74.1 Å². The van der Waals surface area contributed by atoms with Gasteiger partial charge in [0.05, 0.1) is 36.7 Å². The molecule has 1 aromatic heterocycles. The van der Waals surface area contributed by atoms with E-state index in [0.29, 0.717) is 43.1 Å². The third kappa shape index (κ3) is 9.48. The van der Waals surface area contributed by atoms with Gasteiger partial charge in [-0.25, -0.2) is 0 Å². The molecule has 5 rings (SSSR count). The second-order valence-corrected chi connectivity index (χ2v) is 13.9. The number of benzene rings is 3. The van der Waals surface area contributed by atoms with Crippen molar-refractivity contribution in [2.24, 2.45) is 23.5 Å². The Morgan fingerprint density at radius 3 is 2.37 bits per heavy atom. The molecule has 2 unspecified atom stereocenters. The number of methoxy groups -OCH3 is 1.